The Kier molecular flexibility index (Phi) is 3.70. The summed E-state index contributed by atoms with van der Waals surface area (Å²) in [6.07, 6.45) is 3.65. The molecule has 21 heavy (non-hydrogen) atoms. The van der Waals surface area contributed by atoms with Crippen molar-refractivity contribution in [2.24, 2.45) is 5.92 Å². The van der Waals surface area contributed by atoms with Gasteiger partial charge in [0.05, 0.1) is 0 Å². The summed E-state index contributed by atoms with van der Waals surface area (Å²) in [6, 6.07) is 6.02. The number of aryl methyl sites for hydroxylation is 2. The summed E-state index contributed by atoms with van der Waals surface area (Å²) < 4.78 is 0. The minimum atomic E-state index is -0.384. The molecular formula is C17H22N2O2. The van der Waals surface area contributed by atoms with E-state index in [-0.39, 0.29) is 11.8 Å². The molecule has 0 atom stereocenters. The fourth-order valence-electron chi connectivity index (χ4n) is 3.19. The first kappa shape index (κ1) is 14.1. The van der Waals surface area contributed by atoms with Gasteiger partial charge in [0.2, 0.25) is 0 Å². The van der Waals surface area contributed by atoms with Gasteiger partial charge in [-0.1, -0.05) is 12.5 Å². The van der Waals surface area contributed by atoms with Gasteiger partial charge in [0, 0.05) is 25.3 Å². The SMILES string of the molecule is Cc1cc(C)cc(N2CCN(CC3CCC3)C(=O)C2=O)c1. The highest BCUT2D eigenvalue weighted by atomic mass is 16.2. The van der Waals surface area contributed by atoms with Crippen LogP contribution in [-0.4, -0.2) is 36.3 Å². The van der Waals surface area contributed by atoms with Gasteiger partial charge in [-0.2, -0.15) is 0 Å². The van der Waals surface area contributed by atoms with Gasteiger partial charge in [-0.3, -0.25) is 9.59 Å². The topological polar surface area (TPSA) is 40.6 Å². The molecule has 0 unspecified atom stereocenters. The van der Waals surface area contributed by atoms with Gasteiger partial charge in [-0.15, -0.1) is 0 Å². The molecular weight excluding hydrogens is 264 g/mol. The van der Waals surface area contributed by atoms with Crippen LogP contribution in [0.3, 0.4) is 0 Å². The number of rotatable bonds is 3. The van der Waals surface area contributed by atoms with Crippen LogP contribution in [0.1, 0.15) is 30.4 Å². The summed E-state index contributed by atoms with van der Waals surface area (Å²) >= 11 is 0. The number of anilines is 1. The molecule has 1 heterocycles. The zero-order chi connectivity index (χ0) is 15.0. The zero-order valence-electron chi connectivity index (χ0n) is 12.8. The van der Waals surface area contributed by atoms with E-state index in [0.29, 0.717) is 19.0 Å². The molecule has 0 spiro atoms. The minimum Gasteiger partial charge on any atom is -0.332 e. The molecule has 1 aliphatic heterocycles. The smallest absolute Gasteiger partial charge is 0.316 e. The molecule has 0 radical (unpaired) electrons. The number of piperazine rings is 1. The first-order valence-electron chi connectivity index (χ1n) is 7.73. The lowest BCUT2D eigenvalue weighted by Gasteiger charge is -2.37. The van der Waals surface area contributed by atoms with Crippen molar-refractivity contribution in [2.45, 2.75) is 33.1 Å². The van der Waals surface area contributed by atoms with Crippen LogP contribution in [0.25, 0.3) is 0 Å². The number of benzene rings is 1. The lowest BCUT2D eigenvalue weighted by Crippen LogP contribution is -2.55. The Morgan fingerprint density at radius 3 is 2.24 bits per heavy atom. The molecule has 0 N–H and O–H groups in total. The summed E-state index contributed by atoms with van der Waals surface area (Å²) in [5, 5.41) is 0. The predicted octanol–water partition coefficient (Wildman–Crippen LogP) is 2.28. The largest absolute Gasteiger partial charge is 0.332 e. The number of hydrogen-bond donors (Lipinski definition) is 0. The van der Waals surface area contributed by atoms with Crippen LogP contribution in [0.4, 0.5) is 5.69 Å². The molecule has 4 nitrogen and oxygen atoms in total. The first-order chi connectivity index (χ1) is 10.0. The normalized spacial score (nSPS) is 19.9. The number of hydrogen-bond acceptors (Lipinski definition) is 2. The average Bonchev–Trinajstić information content (AvgIpc) is 2.37. The van der Waals surface area contributed by atoms with E-state index in [2.05, 4.69) is 6.07 Å². The van der Waals surface area contributed by atoms with Crippen LogP contribution in [0, 0.1) is 19.8 Å². The van der Waals surface area contributed by atoms with Crippen LogP contribution < -0.4 is 4.90 Å². The lowest BCUT2D eigenvalue weighted by molar-refractivity contribution is -0.147. The van der Waals surface area contributed by atoms with E-state index in [0.717, 1.165) is 23.4 Å². The van der Waals surface area contributed by atoms with Crippen molar-refractivity contribution in [1.82, 2.24) is 4.90 Å². The van der Waals surface area contributed by atoms with Crippen molar-refractivity contribution in [2.75, 3.05) is 24.5 Å². The molecule has 1 aliphatic carbocycles. The Bertz CT molecular complexity index is 558. The maximum Gasteiger partial charge on any atom is 0.316 e. The molecule has 1 saturated carbocycles. The molecule has 4 heteroatoms. The van der Waals surface area contributed by atoms with Gasteiger partial charge < -0.3 is 9.80 Å². The second-order valence-electron chi connectivity index (χ2n) is 6.35. The second-order valence-corrected chi connectivity index (χ2v) is 6.35. The van der Waals surface area contributed by atoms with E-state index in [1.165, 1.54) is 19.3 Å². The fourth-order valence-corrected chi connectivity index (χ4v) is 3.19. The van der Waals surface area contributed by atoms with Gasteiger partial charge in [0.1, 0.15) is 0 Å². The Morgan fingerprint density at radius 1 is 1.00 bits per heavy atom. The molecule has 0 bridgehead atoms. The summed E-state index contributed by atoms with van der Waals surface area (Å²) in [7, 11) is 0. The van der Waals surface area contributed by atoms with Gasteiger partial charge in [-0.25, -0.2) is 0 Å². The number of amides is 2. The number of carbonyl (C=O) groups is 2. The standard InChI is InChI=1S/C17H22N2O2/c1-12-8-13(2)10-15(9-12)19-7-6-18(16(20)17(19)21)11-14-4-3-5-14/h8-10,14H,3-7,11H2,1-2H3. The zero-order valence-corrected chi connectivity index (χ0v) is 12.8. The first-order valence-corrected chi connectivity index (χ1v) is 7.73. The maximum absolute atomic E-state index is 12.4. The fraction of sp³-hybridized carbons (Fsp3) is 0.529. The van der Waals surface area contributed by atoms with Crippen molar-refractivity contribution in [3.8, 4) is 0 Å². The third-order valence-electron chi connectivity index (χ3n) is 4.53. The molecule has 2 amide bonds. The highest BCUT2D eigenvalue weighted by Crippen LogP contribution is 2.28. The van der Waals surface area contributed by atoms with E-state index in [1.807, 2.05) is 26.0 Å². The highest BCUT2D eigenvalue weighted by molar-refractivity contribution is 6.41. The van der Waals surface area contributed by atoms with Crippen molar-refractivity contribution < 1.29 is 9.59 Å². The molecule has 2 aliphatic rings. The Hall–Kier alpha value is -1.84. The van der Waals surface area contributed by atoms with E-state index >= 15 is 0 Å². The maximum atomic E-state index is 12.4. The Balaban J connectivity index is 1.74. The van der Waals surface area contributed by atoms with Crippen LogP contribution in [0.15, 0.2) is 18.2 Å². The van der Waals surface area contributed by atoms with Crippen molar-refractivity contribution in [1.29, 1.82) is 0 Å². The van der Waals surface area contributed by atoms with Crippen molar-refractivity contribution >= 4 is 17.5 Å². The van der Waals surface area contributed by atoms with E-state index in [9.17, 15) is 9.59 Å². The molecule has 2 fully saturated rings. The summed E-state index contributed by atoms with van der Waals surface area (Å²) in [5.41, 5.74) is 3.07. The van der Waals surface area contributed by atoms with Gasteiger partial charge in [0.25, 0.3) is 0 Å². The van der Waals surface area contributed by atoms with Crippen molar-refractivity contribution in [3.05, 3.63) is 29.3 Å². The number of nitrogens with zero attached hydrogens (tertiary/aromatic N) is 2. The molecule has 1 aromatic carbocycles. The number of carbonyl (C=O) groups excluding carboxylic acids is 2. The summed E-state index contributed by atoms with van der Waals surface area (Å²) in [5.74, 6) is -0.118. The van der Waals surface area contributed by atoms with E-state index in [1.54, 1.807) is 9.80 Å². The van der Waals surface area contributed by atoms with E-state index in [4.69, 9.17) is 0 Å². The Labute approximate surface area is 125 Å². The third-order valence-corrected chi connectivity index (χ3v) is 4.53. The van der Waals surface area contributed by atoms with Gasteiger partial charge in [-0.05, 0) is 55.9 Å². The van der Waals surface area contributed by atoms with Gasteiger partial charge in [0.15, 0.2) is 0 Å². The van der Waals surface area contributed by atoms with Crippen LogP contribution in [0.2, 0.25) is 0 Å². The highest BCUT2D eigenvalue weighted by Gasteiger charge is 2.35. The molecule has 112 valence electrons. The van der Waals surface area contributed by atoms with Crippen LogP contribution in [-0.2, 0) is 9.59 Å². The average molecular weight is 286 g/mol. The Morgan fingerprint density at radius 2 is 1.67 bits per heavy atom. The lowest BCUT2D eigenvalue weighted by atomic mass is 9.85. The van der Waals surface area contributed by atoms with E-state index < -0.39 is 0 Å². The summed E-state index contributed by atoms with van der Waals surface area (Å²) in [4.78, 5) is 28.0. The third kappa shape index (κ3) is 2.80. The molecule has 1 aromatic rings. The second kappa shape index (κ2) is 5.51. The van der Waals surface area contributed by atoms with Crippen molar-refractivity contribution in [3.63, 3.8) is 0 Å². The quantitative estimate of drug-likeness (QED) is 0.800. The summed E-state index contributed by atoms with van der Waals surface area (Å²) in [6.45, 7) is 6.02. The van der Waals surface area contributed by atoms with Crippen LogP contribution >= 0.6 is 0 Å². The molecule has 1 saturated heterocycles. The monoisotopic (exact) mass is 286 g/mol. The molecule has 0 aromatic heterocycles. The van der Waals surface area contributed by atoms with Crippen LogP contribution in [0.5, 0.6) is 0 Å². The molecule has 3 rings (SSSR count). The van der Waals surface area contributed by atoms with Gasteiger partial charge >= 0.3 is 11.8 Å². The minimum absolute atomic E-state index is 0.340. The predicted molar refractivity (Wildman–Crippen MR) is 82.2 cm³/mol.